The van der Waals surface area contributed by atoms with Crippen LogP contribution in [-0.4, -0.2) is 6.61 Å². The summed E-state index contributed by atoms with van der Waals surface area (Å²) in [5.74, 6) is 0. The van der Waals surface area contributed by atoms with Crippen molar-refractivity contribution in [1.82, 2.24) is 0 Å². The summed E-state index contributed by atoms with van der Waals surface area (Å²) in [6, 6.07) is 0. The van der Waals surface area contributed by atoms with Gasteiger partial charge < -0.3 is 0 Å². The highest BCUT2D eigenvalue weighted by molar-refractivity contribution is 4.40. The van der Waals surface area contributed by atoms with Gasteiger partial charge in [0, 0.05) is 0 Å². The molecule has 5 heavy (non-hydrogen) atoms. The summed E-state index contributed by atoms with van der Waals surface area (Å²) in [4.78, 5) is 8.26. The van der Waals surface area contributed by atoms with Crippen molar-refractivity contribution in [2.45, 2.75) is 0 Å². The van der Waals surface area contributed by atoms with Crippen molar-refractivity contribution in [1.29, 1.82) is 0 Å². The minimum absolute atomic E-state index is 0.431. The van der Waals surface area contributed by atoms with Crippen LogP contribution in [0.3, 0.4) is 0 Å². The van der Waals surface area contributed by atoms with E-state index < -0.39 is 0 Å². The lowest BCUT2D eigenvalue weighted by atomic mass is 10.8. The Morgan fingerprint density at radius 1 is 1.60 bits per heavy atom. The predicted octanol–water partition coefficient (Wildman–Crippen LogP) is 0.0416. The van der Waals surface area contributed by atoms with Crippen molar-refractivity contribution < 1.29 is 14.8 Å². The van der Waals surface area contributed by atoms with Gasteiger partial charge >= 0.3 is 0 Å². The molecule has 0 saturated carbocycles. The smallest absolute Gasteiger partial charge is 0.154 e. The topological polar surface area (TPSA) is 27.7 Å². The van der Waals surface area contributed by atoms with E-state index in [0.29, 0.717) is 6.61 Å². The maximum Gasteiger partial charge on any atom is 0.154 e. The monoisotopic (exact) mass is 75.0 g/mol. The molecule has 1 rings (SSSR count). The molecule has 29 valence electrons. The van der Waals surface area contributed by atoms with Gasteiger partial charge in [-0.05, 0) is 0 Å². The highest BCUT2D eigenvalue weighted by Crippen LogP contribution is 1.94. The molecule has 3 heteroatoms. The molecule has 0 aliphatic carbocycles. The molecule has 0 N–H and O–H groups in total. The van der Waals surface area contributed by atoms with Gasteiger partial charge in [0.05, 0.1) is 0 Å². The van der Waals surface area contributed by atoms with Gasteiger partial charge in [-0.2, -0.15) is 4.89 Å². The van der Waals surface area contributed by atoms with Crippen molar-refractivity contribution >= 4 is 0 Å². The fraction of sp³-hybridized carbons (Fsp3) is 0.500. The van der Waals surface area contributed by atoms with Crippen molar-refractivity contribution in [2.75, 3.05) is 6.61 Å². The highest BCUT2D eigenvalue weighted by atomic mass is 17.5. The molecule has 0 bridgehead atoms. The zero-order valence-corrected chi connectivity index (χ0v) is 2.51. The van der Waals surface area contributed by atoms with Gasteiger partial charge in [0.2, 0.25) is 0 Å². The first-order valence-electron chi connectivity index (χ1n) is 1.27. The number of hydrogen-bond acceptors (Lipinski definition) is 3. The molecule has 0 unspecified atom stereocenters. The lowest BCUT2D eigenvalue weighted by molar-refractivity contribution is -0.446. The fourth-order valence-electron chi connectivity index (χ4n) is 0.139. The lowest BCUT2D eigenvalue weighted by Crippen LogP contribution is -1.72. The number of rotatable bonds is 0. The van der Waals surface area contributed by atoms with Crippen LogP contribution in [0.5, 0.6) is 0 Å². The van der Waals surface area contributed by atoms with Crippen molar-refractivity contribution in [3.8, 4) is 0 Å². The van der Waals surface area contributed by atoms with E-state index in [4.69, 9.17) is 0 Å². The molecule has 0 aromatic heterocycles. The second kappa shape index (κ2) is 1.35. The molecular weight excluding hydrogens is 72.0 g/mol. The SMILES string of the molecule is [CH]1COOO1. The number of hydrogen-bond donors (Lipinski definition) is 0. The molecule has 0 atom stereocenters. The van der Waals surface area contributed by atoms with Crippen LogP contribution in [0.15, 0.2) is 0 Å². The molecule has 1 saturated heterocycles. The first-order valence-corrected chi connectivity index (χ1v) is 1.27. The van der Waals surface area contributed by atoms with E-state index >= 15 is 0 Å². The molecule has 0 aromatic rings. The highest BCUT2D eigenvalue weighted by Gasteiger charge is 1.98. The summed E-state index contributed by atoms with van der Waals surface area (Å²) in [5.41, 5.74) is 0. The Labute approximate surface area is 29.3 Å². The first-order chi connectivity index (χ1) is 2.50. The van der Waals surface area contributed by atoms with E-state index in [0.717, 1.165) is 0 Å². The van der Waals surface area contributed by atoms with Gasteiger partial charge in [-0.15, -0.1) is 0 Å². The maximum absolute atomic E-state index is 4.17. The van der Waals surface area contributed by atoms with E-state index in [1.54, 1.807) is 0 Å². The average Bonchev–Trinajstić information content (AvgIpc) is 1.76. The first kappa shape index (κ1) is 3.08. The summed E-state index contributed by atoms with van der Waals surface area (Å²) in [7, 11) is 0. The molecule has 1 aliphatic heterocycles. The summed E-state index contributed by atoms with van der Waals surface area (Å²) in [6.07, 6.45) is 0. The second-order valence-corrected chi connectivity index (χ2v) is 0.615. The molecule has 1 aliphatic rings. The predicted molar refractivity (Wildman–Crippen MR) is 12.4 cm³/mol. The van der Waals surface area contributed by atoms with E-state index in [1.165, 1.54) is 6.61 Å². The van der Waals surface area contributed by atoms with E-state index in [-0.39, 0.29) is 0 Å². The standard InChI is InChI=1S/C2H3O3/c1-2-4-5-3-1/h1H,2H2. The van der Waals surface area contributed by atoms with Gasteiger partial charge in [0.25, 0.3) is 0 Å². The zero-order chi connectivity index (χ0) is 3.54. The fourth-order valence-corrected chi connectivity index (χ4v) is 0.139. The van der Waals surface area contributed by atoms with Crippen LogP contribution in [0.25, 0.3) is 0 Å². The lowest BCUT2D eigenvalue weighted by Gasteiger charge is -1.74. The molecule has 1 heterocycles. The van der Waals surface area contributed by atoms with E-state index in [9.17, 15) is 0 Å². The quantitative estimate of drug-likeness (QED) is 0.380. The van der Waals surface area contributed by atoms with Gasteiger partial charge in [-0.25, -0.2) is 4.89 Å². The molecule has 1 radical (unpaired) electrons. The van der Waals surface area contributed by atoms with Crippen LogP contribution in [0.1, 0.15) is 0 Å². The van der Waals surface area contributed by atoms with Gasteiger partial charge in [-0.1, -0.05) is 5.04 Å². The third kappa shape index (κ3) is 0.576. The Morgan fingerprint density at radius 2 is 2.60 bits per heavy atom. The Bertz CT molecular complexity index is 16.5. The Hall–Kier alpha value is -0.120. The minimum atomic E-state index is 0.431. The van der Waals surface area contributed by atoms with Crippen LogP contribution < -0.4 is 0 Å². The van der Waals surface area contributed by atoms with Crippen molar-refractivity contribution in [2.24, 2.45) is 0 Å². The maximum atomic E-state index is 4.17. The molecule has 0 amide bonds. The third-order valence-corrected chi connectivity index (χ3v) is 0.292. The second-order valence-electron chi connectivity index (χ2n) is 0.615. The summed E-state index contributed by atoms with van der Waals surface area (Å²) >= 11 is 0. The van der Waals surface area contributed by atoms with Crippen LogP contribution in [0, 0.1) is 6.61 Å². The Morgan fingerprint density at radius 3 is 2.80 bits per heavy atom. The third-order valence-electron chi connectivity index (χ3n) is 0.292. The molecule has 3 nitrogen and oxygen atoms in total. The van der Waals surface area contributed by atoms with Crippen LogP contribution in [0.4, 0.5) is 0 Å². The molecule has 0 aromatic carbocycles. The van der Waals surface area contributed by atoms with Crippen LogP contribution in [0.2, 0.25) is 0 Å². The van der Waals surface area contributed by atoms with Gasteiger partial charge in [0.15, 0.2) is 6.61 Å². The van der Waals surface area contributed by atoms with Gasteiger partial charge in [0.1, 0.15) is 6.61 Å². The van der Waals surface area contributed by atoms with Crippen molar-refractivity contribution in [3.63, 3.8) is 0 Å². The Balaban J connectivity index is 2.08. The minimum Gasteiger partial charge on any atom is -0.203 e. The van der Waals surface area contributed by atoms with Crippen LogP contribution >= 0.6 is 0 Å². The molecular formula is C2H3O3. The van der Waals surface area contributed by atoms with E-state index in [1.807, 2.05) is 0 Å². The Kier molecular flexibility index (Phi) is 0.834. The average molecular weight is 75.0 g/mol. The largest absolute Gasteiger partial charge is 0.203 e. The summed E-state index contributed by atoms with van der Waals surface area (Å²) in [5, 5.41) is 3.89. The molecule has 1 fully saturated rings. The normalized spacial score (nSPS) is 24.0. The van der Waals surface area contributed by atoms with Crippen LogP contribution in [-0.2, 0) is 14.8 Å². The summed E-state index contributed by atoms with van der Waals surface area (Å²) < 4.78 is 0. The zero-order valence-electron chi connectivity index (χ0n) is 2.51. The van der Waals surface area contributed by atoms with Crippen molar-refractivity contribution in [3.05, 3.63) is 6.61 Å². The van der Waals surface area contributed by atoms with Gasteiger partial charge in [-0.3, -0.25) is 0 Å². The summed E-state index contributed by atoms with van der Waals surface area (Å²) in [6.45, 7) is 1.85. The molecule has 0 spiro atoms. The van der Waals surface area contributed by atoms with E-state index in [2.05, 4.69) is 14.8 Å².